The van der Waals surface area contributed by atoms with Crippen LogP contribution in [0.2, 0.25) is 0 Å². The molecule has 0 bridgehead atoms. The van der Waals surface area contributed by atoms with E-state index in [-0.39, 0.29) is 11.5 Å². The largest absolute Gasteiger partial charge is 0.354 e. The topological polar surface area (TPSA) is 94.0 Å². The number of nitriles is 1. The number of rotatable bonds is 5. The van der Waals surface area contributed by atoms with Gasteiger partial charge in [0.15, 0.2) is 0 Å². The predicted molar refractivity (Wildman–Crippen MR) is 90.2 cm³/mol. The molecule has 2 fully saturated rings. The summed E-state index contributed by atoms with van der Waals surface area (Å²) in [6.07, 6.45) is 5.26. The Labute approximate surface area is 145 Å². The van der Waals surface area contributed by atoms with Crippen molar-refractivity contribution in [1.29, 1.82) is 5.26 Å². The number of carbonyl (C=O) groups is 2. The molecule has 0 saturated heterocycles. The monoisotopic (exact) mass is 344 g/mol. The van der Waals surface area contributed by atoms with Crippen molar-refractivity contribution in [3.63, 3.8) is 0 Å². The van der Waals surface area contributed by atoms with Crippen LogP contribution in [0.15, 0.2) is 18.2 Å². The van der Waals surface area contributed by atoms with Gasteiger partial charge in [0.1, 0.15) is 17.4 Å². The number of nitrogens with zero attached hydrogens (tertiary/aromatic N) is 1. The molecular weight excluding hydrogens is 323 g/mol. The Balaban J connectivity index is 1.64. The zero-order valence-electron chi connectivity index (χ0n) is 13.9. The molecular formula is C18H21FN4O2. The molecule has 0 spiro atoms. The highest BCUT2D eigenvalue weighted by Crippen LogP contribution is 2.31. The van der Waals surface area contributed by atoms with Crippen LogP contribution in [0.25, 0.3) is 0 Å². The first-order valence-corrected chi connectivity index (χ1v) is 8.59. The molecule has 0 aliphatic heterocycles. The minimum absolute atomic E-state index is 0.135. The first kappa shape index (κ1) is 17.2. The van der Waals surface area contributed by atoms with Gasteiger partial charge < -0.3 is 16.0 Å². The van der Waals surface area contributed by atoms with E-state index >= 15 is 0 Å². The predicted octanol–water partition coefficient (Wildman–Crippen LogP) is 2.66. The van der Waals surface area contributed by atoms with Crippen molar-refractivity contribution in [2.24, 2.45) is 5.92 Å². The van der Waals surface area contributed by atoms with Gasteiger partial charge in [-0.05, 0) is 49.8 Å². The summed E-state index contributed by atoms with van der Waals surface area (Å²) in [4.78, 5) is 24.9. The number of urea groups is 1. The van der Waals surface area contributed by atoms with Gasteiger partial charge in [-0.1, -0.05) is 12.8 Å². The molecule has 3 rings (SSSR count). The molecule has 0 radical (unpaired) electrons. The van der Waals surface area contributed by atoms with Crippen LogP contribution in [0.4, 0.5) is 14.9 Å². The second-order valence-corrected chi connectivity index (χ2v) is 6.83. The standard InChI is InChI=1S/C18H21FN4O2/c19-15-6-5-14(9-13(15)10-20)22-17(25)23-18(7-1-2-8-18)16(24)21-11-12-3-4-12/h5-6,9,12H,1-4,7-8,11H2,(H,21,24)(H2,22,23,25). The number of hydrogen-bond donors (Lipinski definition) is 3. The minimum atomic E-state index is -0.892. The summed E-state index contributed by atoms with van der Waals surface area (Å²) in [6.45, 7) is 0.660. The molecule has 132 valence electrons. The first-order chi connectivity index (χ1) is 12.0. The second kappa shape index (κ2) is 7.09. The van der Waals surface area contributed by atoms with Crippen LogP contribution in [-0.2, 0) is 4.79 Å². The highest BCUT2D eigenvalue weighted by atomic mass is 19.1. The Morgan fingerprint density at radius 2 is 2.00 bits per heavy atom. The van der Waals surface area contributed by atoms with E-state index < -0.39 is 17.4 Å². The van der Waals surface area contributed by atoms with Crippen molar-refractivity contribution < 1.29 is 14.0 Å². The highest BCUT2D eigenvalue weighted by molar-refractivity contribution is 5.96. The third-order valence-corrected chi connectivity index (χ3v) is 4.84. The van der Waals surface area contributed by atoms with Crippen molar-refractivity contribution >= 4 is 17.6 Å². The fourth-order valence-electron chi connectivity index (χ4n) is 3.18. The summed E-state index contributed by atoms with van der Waals surface area (Å²) < 4.78 is 13.4. The molecule has 0 heterocycles. The lowest BCUT2D eigenvalue weighted by molar-refractivity contribution is -0.127. The zero-order chi connectivity index (χ0) is 17.9. The van der Waals surface area contributed by atoms with Gasteiger partial charge in [-0.3, -0.25) is 4.79 Å². The van der Waals surface area contributed by atoms with E-state index in [4.69, 9.17) is 5.26 Å². The number of benzene rings is 1. The van der Waals surface area contributed by atoms with E-state index in [0.717, 1.165) is 31.7 Å². The van der Waals surface area contributed by atoms with Gasteiger partial charge in [0.05, 0.1) is 5.56 Å². The van der Waals surface area contributed by atoms with Crippen LogP contribution in [0, 0.1) is 23.1 Å². The van der Waals surface area contributed by atoms with Gasteiger partial charge in [0.2, 0.25) is 5.91 Å². The fraction of sp³-hybridized carbons (Fsp3) is 0.500. The van der Waals surface area contributed by atoms with Crippen molar-refractivity contribution in [2.45, 2.75) is 44.1 Å². The first-order valence-electron chi connectivity index (χ1n) is 8.59. The third-order valence-electron chi connectivity index (χ3n) is 4.84. The van der Waals surface area contributed by atoms with Crippen molar-refractivity contribution in [3.05, 3.63) is 29.6 Å². The Morgan fingerprint density at radius 3 is 2.64 bits per heavy atom. The lowest BCUT2D eigenvalue weighted by Gasteiger charge is -2.29. The van der Waals surface area contributed by atoms with Crippen molar-refractivity contribution in [1.82, 2.24) is 10.6 Å². The van der Waals surface area contributed by atoms with E-state index in [9.17, 15) is 14.0 Å². The lowest BCUT2D eigenvalue weighted by atomic mass is 9.96. The van der Waals surface area contributed by atoms with E-state index in [1.54, 1.807) is 6.07 Å². The van der Waals surface area contributed by atoms with Crippen LogP contribution in [0.5, 0.6) is 0 Å². The lowest BCUT2D eigenvalue weighted by Crippen LogP contribution is -2.58. The quantitative estimate of drug-likeness (QED) is 0.766. The Hall–Kier alpha value is -2.62. The molecule has 3 N–H and O–H groups in total. The van der Waals surface area contributed by atoms with E-state index in [1.807, 2.05) is 0 Å². The Morgan fingerprint density at radius 1 is 1.28 bits per heavy atom. The van der Waals surface area contributed by atoms with E-state index in [2.05, 4.69) is 16.0 Å². The summed E-state index contributed by atoms with van der Waals surface area (Å²) in [5, 5.41) is 17.2. The van der Waals surface area contributed by atoms with Crippen molar-refractivity contribution in [2.75, 3.05) is 11.9 Å². The molecule has 0 aromatic heterocycles. The summed E-state index contributed by atoms with van der Waals surface area (Å²) in [5.74, 6) is -0.205. The smallest absolute Gasteiger partial charge is 0.320 e. The minimum Gasteiger partial charge on any atom is -0.354 e. The molecule has 2 aliphatic rings. The van der Waals surface area contributed by atoms with E-state index in [1.165, 1.54) is 12.1 Å². The maximum absolute atomic E-state index is 13.4. The zero-order valence-corrected chi connectivity index (χ0v) is 13.9. The summed E-state index contributed by atoms with van der Waals surface area (Å²) in [6, 6.07) is 4.97. The number of hydrogen-bond acceptors (Lipinski definition) is 3. The number of nitrogens with one attached hydrogen (secondary N) is 3. The van der Waals surface area contributed by atoms with Gasteiger partial charge in [-0.2, -0.15) is 5.26 Å². The van der Waals surface area contributed by atoms with Crippen LogP contribution < -0.4 is 16.0 Å². The molecule has 0 unspecified atom stereocenters. The fourth-order valence-corrected chi connectivity index (χ4v) is 3.18. The van der Waals surface area contributed by atoms with Gasteiger partial charge in [0, 0.05) is 12.2 Å². The number of amides is 3. The van der Waals surface area contributed by atoms with Gasteiger partial charge in [-0.15, -0.1) is 0 Å². The van der Waals surface area contributed by atoms with Crippen LogP contribution in [0.1, 0.15) is 44.1 Å². The highest BCUT2D eigenvalue weighted by Gasteiger charge is 2.42. The number of carbonyl (C=O) groups excluding carboxylic acids is 2. The Kier molecular flexibility index (Phi) is 4.88. The van der Waals surface area contributed by atoms with Gasteiger partial charge in [-0.25, -0.2) is 9.18 Å². The van der Waals surface area contributed by atoms with E-state index in [0.29, 0.717) is 31.0 Å². The summed E-state index contributed by atoms with van der Waals surface area (Å²) >= 11 is 0. The van der Waals surface area contributed by atoms with Crippen LogP contribution in [-0.4, -0.2) is 24.0 Å². The van der Waals surface area contributed by atoms with Crippen LogP contribution >= 0.6 is 0 Å². The third kappa shape index (κ3) is 4.08. The van der Waals surface area contributed by atoms with Gasteiger partial charge >= 0.3 is 6.03 Å². The molecule has 2 aliphatic carbocycles. The SMILES string of the molecule is N#Cc1cc(NC(=O)NC2(C(=O)NCC3CC3)CCCC2)ccc1F. The molecule has 0 atom stereocenters. The molecule has 6 nitrogen and oxygen atoms in total. The molecule has 7 heteroatoms. The molecule has 2 saturated carbocycles. The number of anilines is 1. The number of halogens is 1. The maximum atomic E-state index is 13.4. The Bertz CT molecular complexity index is 718. The molecule has 25 heavy (non-hydrogen) atoms. The molecule has 3 amide bonds. The average molecular weight is 344 g/mol. The van der Waals surface area contributed by atoms with Crippen LogP contribution in [0.3, 0.4) is 0 Å². The normalized spacial score (nSPS) is 18.2. The van der Waals surface area contributed by atoms with Crippen molar-refractivity contribution in [3.8, 4) is 6.07 Å². The average Bonchev–Trinajstić information content (AvgIpc) is 3.31. The van der Waals surface area contributed by atoms with Gasteiger partial charge in [0.25, 0.3) is 0 Å². The maximum Gasteiger partial charge on any atom is 0.320 e. The molecule has 1 aromatic rings. The molecule has 1 aromatic carbocycles. The summed E-state index contributed by atoms with van der Waals surface area (Å²) in [5.41, 5.74) is -0.727. The second-order valence-electron chi connectivity index (χ2n) is 6.83. The summed E-state index contributed by atoms with van der Waals surface area (Å²) in [7, 11) is 0.